The summed E-state index contributed by atoms with van der Waals surface area (Å²) in [5.41, 5.74) is 0.716. The SMILES string of the molecule is O=C1CCN(CCO)N1c1ccc(O)cc1. The zero-order valence-electron chi connectivity index (χ0n) is 8.83. The summed E-state index contributed by atoms with van der Waals surface area (Å²) in [6, 6.07) is 6.45. The van der Waals surface area contributed by atoms with Crippen LogP contribution in [0.15, 0.2) is 24.3 Å². The maximum absolute atomic E-state index is 11.7. The zero-order valence-corrected chi connectivity index (χ0v) is 8.83. The van der Waals surface area contributed by atoms with Gasteiger partial charge >= 0.3 is 0 Å². The molecule has 0 spiro atoms. The van der Waals surface area contributed by atoms with Crippen LogP contribution in [0, 0.1) is 0 Å². The van der Waals surface area contributed by atoms with Crippen molar-refractivity contribution in [3.05, 3.63) is 24.3 Å². The van der Waals surface area contributed by atoms with Crippen molar-refractivity contribution in [2.75, 3.05) is 24.7 Å². The molecule has 16 heavy (non-hydrogen) atoms. The number of aliphatic hydroxyl groups is 1. The topological polar surface area (TPSA) is 64.0 Å². The number of hydrazine groups is 1. The number of carbonyl (C=O) groups excluding carboxylic acids is 1. The van der Waals surface area contributed by atoms with E-state index in [9.17, 15) is 9.90 Å². The van der Waals surface area contributed by atoms with E-state index in [2.05, 4.69) is 0 Å². The number of phenols is 1. The summed E-state index contributed by atoms with van der Waals surface area (Å²) >= 11 is 0. The van der Waals surface area contributed by atoms with E-state index in [1.165, 1.54) is 12.1 Å². The van der Waals surface area contributed by atoms with Gasteiger partial charge in [-0.1, -0.05) is 0 Å². The molecule has 2 N–H and O–H groups in total. The molecule has 86 valence electrons. The molecule has 1 heterocycles. The Kier molecular flexibility index (Phi) is 3.07. The fourth-order valence-electron chi connectivity index (χ4n) is 1.82. The standard InChI is InChI=1S/C11H14N2O3/c14-8-7-12-6-5-11(16)13(12)9-1-3-10(15)4-2-9/h1-4,14-15H,5-8H2. The number of β-amino-alcohol motifs (C(OH)–C–C–N with tert-alkyl or cyclic N) is 1. The van der Waals surface area contributed by atoms with Gasteiger partial charge in [-0.25, -0.2) is 10.0 Å². The lowest BCUT2D eigenvalue weighted by atomic mass is 10.3. The zero-order chi connectivity index (χ0) is 11.5. The van der Waals surface area contributed by atoms with Crippen LogP contribution in [0.1, 0.15) is 6.42 Å². The Labute approximate surface area is 93.5 Å². The minimum Gasteiger partial charge on any atom is -0.508 e. The predicted molar refractivity (Wildman–Crippen MR) is 58.9 cm³/mol. The molecule has 1 saturated heterocycles. The summed E-state index contributed by atoms with van der Waals surface area (Å²) in [7, 11) is 0. The molecule has 2 rings (SSSR count). The van der Waals surface area contributed by atoms with Gasteiger partial charge in [-0.15, -0.1) is 0 Å². The number of phenolic OH excluding ortho intramolecular Hbond substituents is 1. The molecule has 0 radical (unpaired) electrons. The van der Waals surface area contributed by atoms with E-state index in [1.54, 1.807) is 22.2 Å². The van der Waals surface area contributed by atoms with Gasteiger partial charge in [0.2, 0.25) is 5.91 Å². The van der Waals surface area contributed by atoms with Crippen LogP contribution in [0.4, 0.5) is 5.69 Å². The number of carbonyl (C=O) groups is 1. The van der Waals surface area contributed by atoms with E-state index in [0.717, 1.165) is 0 Å². The number of aliphatic hydroxyl groups excluding tert-OH is 1. The van der Waals surface area contributed by atoms with Crippen LogP contribution < -0.4 is 5.01 Å². The van der Waals surface area contributed by atoms with Crippen LogP contribution in [-0.2, 0) is 4.79 Å². The third-order valence-corrected chi connectivity index (χ3v) is 2.56. The van der Waals surface area contributed by atoms with Crippen molar-refractivity contribution in [3.63, 3.8) is 0 Å². The lowest BCUT2D eigenvalue weighted by molar-refractivity contribution is -0.118. The number of nitrogens with zero attached hydrogens (tertiary/aromatic N) is 2. The van der Waals surface area contributed by atoms with Gasteiger partial charge in [0.15, 0.2) is 0 Å². The number of rotatable bonds is 3. The Morgan fingerprint density at radius 3 is 2.56 bits per heavy atom. The van der Waals surface area contributed by atoms with Crippen molar-refractivity contribution in [1.29, 1.82) is 0 Å². The lowest BCUT2D eigenvalue weighted by Crippen LogP contribution is -2.40. The minimum absolute atomic E-state index is 0.0131. The summed E-state index contributed by atoms with van der Waals surface area (Å²) in [5.74, 6) is 0.184. The third-order valence-electron chi connectivity index (χ3n) is 2.56. The van der Waals surface area contributed by atoms with E-state index in [-0.39, 0.29) is 18.3 Å². The highest BCUT2D eigenvalue weighted by molar-refractivity contribution is 5.94. The van der Waals surface area contributed by atoms with Gasteiger partial charge in [-0.2, -0.15) is 0 Å². The van der Waals surface area contributed by atoms with Crippen molar-refractivity contribution in [2.45, 2.75) is 6.42 Å². The molecule has 0 saturated carbocycles. The molecule has 1 aliphatic rings. The summed E-state index contributed by atoms with van der Waals surface area (Å²) in [4.78, 5) is 11.7. The molecule has 0 aromatic heterocycles. The lowest BCUT2D eigenvalue weighted by Gasteiger charge is -2.27. The number of anilines is 1. The first-order chi connectivity index (χ1) is 7.72. The maximum Gasteiger partial charge on any atom is 0.242 e. The van der Waals surface area contributed by atoms with Gasteiger partial charge in [0.05, 0.1) is 12.3 Å². The van der Waals surface area contributed by atoms with Crippen molar-refractivity contribution in [3.8, 4) is 5.75 Å². The van der Waals surface area contributed by atoms with Crippen molar-refractivity contribution in [2.24, 2.45) is 0 Å². The summed E-state index contributed by atoms with van der Waals surface area (Å²) < 4.78 is 0. The molecule has 0 unspecified atom stereocenters. The molecule has 0 bridgehead atoms. The first-order valence-electron chi connectivity index (χ1n) is 5.20. The summed E-state index contributed by atoms with van der Waals surface area (Å²) in [6.07, 6.45) is 0.459. The van der Waals surface area contributed by atoms with E-state index in [1.807, 2.05) is 0 Å². The average Bonchev–Trinajstić information content (AvgIpc) is 2.62. The first-order valence-corrected chi connectivity index (χ1v) is 5.20. The van der Waals surface area contributed by atoms with Gasteiger partial charge in [-0.05, 0) is 24.3 Å². The Morgan fingerprint density at radius 2 is 1.94 bits per heavy atom. The monoisotopic (exact) mass is 222 g/mol. The quantitative estimate of drug-likeness (QED) is 0.774. The molecule has 1 amide bonds. The largest absolute Gasteiger partial charge is 0.508 e. The number of hydrogen-bond donors (Lipinski definition) is 2. The van der Waals surface area contributed by atoms with Gasteiger partial charge in [-0.3, -0.25) is 4.79 Å². The second-order valence-corrected chi connectivity index (χ2v) is 3.65. The van der Waals surface area contributed by atoms with Gasteiger partial charge < -0.3 is 10.2 Å². The second-order valence-electron chi connectivity index (χ2n) is 3.65. The third kappa shape index (κ3) is 2.00. The van der Waals surface area contributed by atoms with Crippen LogP contribution in [0.2, 0.25) is 0 Å². The van der Waals surface area contributed by atoms with Crippen LogP contribution in [0.5, 0.6) is 5.75 Å². The van der Waals surface area contributed by atoms with E-state index in [4.69, 9.17) is 5.11 Å². The fraction of sp³-hybridized carbons (Fsp3) is 0.364. The average molecular weight is 222 g/mol. The van der Waals surface area contributed by atoms with E-state index in [0.29, 0.717) is 25.2 Å². The second kappa shape index (κ2) is 4.51. The van der Waals surface area contributed by atoms with Crippen LogP contribution in [0.25, 0.3) is 0 Å². The minimum atomic E-state index is 0.0131. The molecule has 1 aromatic carbocycles. The highest BCUT2D eigenvalue weighted by Gasteiger charge is 2.29. The summed E-state index contributed by atoms with van der Waals surface area (Å²) in [5, 5.41) is 21.4. The molecule has 1 fully saturated rings. The van der Waals surface area contributed by atoms with Gasteiger partial charge in [0, 0.05) is 19.5 Å². The molecule has 0 aliphatic carbocycles. The van der Waals surface area contributed by atoms with Crippen molar-refractivity contribution < 1.29 is 15.0 Å². The van der Waals surface area contributed by atoms with E-state index >= 15 is 0 Å². The van der Waals surface area contributed by atoms with Crippen molar-refractivity contribution >= 4 is 11.6 Å². The fourth-order valence-corrected chi connectivity index (χ4v) is 1.82. The molecule has 0 atom stereocenters. The predicted octanol–water partition coefficient (Wildman–Crippen LogP) is 0.338. The van der Waals surface area contributed by atoms with Crippen molar-refractivity contribution in [1.82, 2.24) is 5.01 Å². The highest BCUT2D eigenvalue weighted by Crippen LogP contribution is 2.24. The molecule has 1 aromatic rings. The first kappa shape index (κ1) is 10.9. The normalized spacial score (nSPS) is 17.1. The summed E-state index contributed by atoms with van der Waals surface area (Å²) in [6.45, 7) is 1.08. The molecular formula is C11H14N2O3. The van der Waals surface area contributed by atoms with Crippen LogP contribution >= 0.6 is 0 Å². The van der Waals surface area contributed by atoms with Gasteiger partial charge in [0.1, 0.15) is 5.75 Å². The maximum atomic E-state index is 11.7. The number of amides is 1. The smallest absolute Gasteiger partial charge is 0.242 e. The number of aromatic hydroxyl groups is 1. The number of hydrogen-bond acceptors (Lipinski definition) is 4. The van der Waals surface area contributed by atoms with Crippen LogP contribution in [0.3, 0.4) is 0 Å². The molecule has 1 aliphatic heterocycles. The molecular weight excluding hydrogens is 208 g/mol. The Morgan fingerprint density at radius 1 is 1.25 bits per heavy atom. The molecule has 5 heteroatoms. The van der Waals surface area contributed by atoms with Crippen LogP contribution in [-0.4, -0.2) is 40.8 Å². The Hall–Kier alpha value is -1.59. The van der Waals surface area contributed by atoms with Gasteiger partial charge in [0.25, 0.3) is 0 Å². The Bertz CT molecular complexity index is 377. The molecule has 5 nitrogen and oxygen atoms in total. The highest BCUT2D eigenvalue weighted by atomic mass is 16.3. The number of benzene rings is 1. The Balaban J connectivity index is 2.22. The van der Waals surface area contributed by atoms with E-state index < -0.39 is 0 Å².